The third kappa shape index (κ3) is 4.52. The second-order valence-electron chi connectivity index (χ2n) is 8.82. The number of rotatable bonds is 5. The highest BCUT2D eigenvalue weighted by atomic mass is 79.9. The van der Waals surface area contributed by atoms with Crippen molar-refractivity contribution >= 4 is 44.6 Å². The minimum Gasteiger partial charge on any atom is -0.459 e. The van der Waals surface area contributed by atoms with Crippen molar-refractivity contribution in [2.75, 3.05) is 36.1 Å². The van der Waals surface area contributed by atoms with Crippen LogP contribution in [0.1, 0.15) is 23.5 Å². The lowest BCUT2D eigenvalue weighted by Gasteiger charge is -2.30. The number of benzene rings is 2. The molecular weight excluding hydrogens is 536 g/mol. The number of nitrogens with zero attached hydrogens (tertiary/aromatic N) is 3. The fraction of sp³-hybridized carbons (Fsp3) is 0.214. The maximum absolute atomic E-state index is 6.46. The number of anilines is 2. The van der Waals surface area contributed by atoms with E-state index in [9.17, 15) is 0 Å². The van der Waals surface area contributed by atoms with E-state index < -0.39 is 0 Å². The minimum absolute atomic E-state index is 0.151. The maximum Gasteiger partial charge on any atom is 0.174 e. The Morgan fingerprint density at radius 2 is 1.64 bits per heavy atom. The highest BCUT2D eigenvalue weighted by molar-refractivity contribution is 9.10. The molecule has 8 heteroatoms. The van der Waals surface area contributed by atoms with Gasteiger partial charge in [0.1, 0.15) is 17.6 Å². The second kappa shape index (κ2) is 10.0. The summed E-state index contributed by atoms with van der Waals surface area (Å²) in [6.07, 6.45) is 1.81. The molecule has 0 radical (unpaired) electrons. The van der Waals surface area contributed by atoms with Crippen LogP contribution in [0.4, 0.5) is 11.4 Å². The Hall–Kier alpha value is -3.20. The van der Waals surface area contributed by atoms with Gasteiger partial charge in [-0.15, -0.1) is 0 Å². The molecular formula is C28H25BrN4O2S. The quantitative estimate of drug-likeness (QED) is 0.295. The molecule has 0 saturated carbocycles. The minimum atomic E-state index is -0.189. The molecule has 2 aliphatic rings. The van der Waals surface area contributed by atoms with Gasteiger partial charge in [0, 0.05) is 40.7 Å². The first kappa shape index (κ1) is 23.2. The Bertz CT molecular complexity index is 1340. The molecule has 0 spiro atoms. The molecule has 0 amide bonds. The van der Waals surface area contributed by atoms with E-state index in [0.717, 1.165) is 59.2 Å². The summed E-state index contributed by atoms with van der Waals surface area (Å²) in [6.45, 7) is 3.32. The number of thiocarbonyl (C=S) groups is 1. The smallest absolute Gasteiger partial charge is 0.174 e. The van der Waals surface area contributed by atoms with Gasteiger partial charge in [-0.3, -0.25) is 4.98 Å². The summed E-state index contributed by atoms with van der Waals surface area (Å²) in [7, 11) is 0. The first-order chi connectivity index (χ1) is 17.7. The summed E-state index contributed by atoms with van der Waals surface area (Å²) in [5.41, 5.74) is 4.13. The van der Waals surface area contributed by atoms with E-state index in [4.69, 9.17) is 21.4 Å². The van der Waals surface area contributed by atoms with Crippen LogP contribution in [0, 0.1) is 0 Å². The SMILES string of the molecule is S=C1N[C@H](c2ccccn2)[C@H](c2ccc(-c3ccc(Br)cc3)o2)N1c1ccc(N2CCOCC2)cc1. The molecule has 2 saturated heterocycles. The van der Waals surface area contributed by atoms with Crippen LogP contribution in [0.2, 0.25) is 0 Å². The van der Waals surface area contributed by atoms with Crippen molar-refractivity contribution in [3.63, 3.8) is 0 Å². The van der Waals surface area contributed by atoms with Crippen LogP contribution in [-0.2, 0) is 4.74 Å². The zero-order valence-electron chi connectivity index (χ0n) is 19.5. The Balaban J connectivity index is 1.37. The van der Waals surface area contributed by atoms with Crippen molar-refractivity contribution in [1.82, 2.24) is 10.3 Å². The van der Waals surface area contributed by atoms with E-state index in [1.807, 2.05) is 60.8 Å². The van der Waals surface area contributed by atoms with E-state index in [1.165, 1.54) is 5.69 Å². The number of ether oxygens (including phenoxy) is 1. The summed E-state index contributed by atoms with van der Waals surface area (Å²) in [4.78, 5) is 9.12. The molecule has 2 aromatic carbocycles. The van der Waals surface area contributed by atoms with Crippen LogP contribution in [0.25, 0.3) is 11.3 Å². The van der Waals surface area contributed by atoms with Gasteiger partial charge >= 0.3 is 0 Å². The molecule has 4 heterocycles. The van der Waals surface area contributed by atoms with Crippen molar-refractivity contribution in [3.05, 3.63) is 101 Å². The number of pyridine rings is 1. The van der Waals surface area contributed by atoms with Crippen LogP contribution < -0.4 is 15.1 Å². The Morgan fingerprint density at radius 3 is 2.36 bits per heavy atom. The predicted molar refractivity (Wildman–Crippen MR) is 149 cm³/mol. The predicted octanol–water partition coefficient (Wildman–Crippen LogP) is 6.12. The topological polar surface area (TPSA) is 53.8 Å². The van der Waals surface area contributed by atoms with Crippen molar-refractivity contribution < 1.29 is 9.15 Å². The first-order valence-electron chi connectivity index (χ1n) is 12.0. The molecule has 0 bridgehead atoms. The number of furan rings is 1. The zero-order valence-corrected chi connectivity index (χ0v) is 21.9. The van der Waals surface area contributed by atoms with Gasteiger partial charge in [0.2, 0.25) is 0 Å². The van der Waals surface area contributed by atoms with Crippen molar-refractivity contribution in [3.8, 4) is 11.3 Å². The van der Waals surface area contributed by atoms with Gasteiger partial charge in [0.05, 0.1) is 24.9 Å². The van der Waals surface area contributed by atoms with Crippen LogP contribution >= 0.6 is 28.1 Å². The van der Waals surface area contributed by atoms with Gasteiger partial charge < -0.3 is 24.3 Å². The van der Waals surface area contributed by atoms with Crippen molar-refractivity contribution in [1.29, 1.82) is 0 Å². The standard InChI is InChI=1S/C28H25BrN4O2S/c29-20-6-4-19(5-7-20)24-12-13-25(35-24)27-26(23-3-1-2-14-30-23)31-28(36)33(27)22-10-8-21(9-11-22)32-15-17-34-18-16-32/h1-14,26-27H,15-18H2,(H,31,36)/t26-,27+/m1/s1. The molecule has 2 aromatic heterocycles. The molecule has 36 heavy (non-hydrogen) atoms. The summed E-state index contributed by atoms with van der Waals surface area (Å²) in [5, 5.41) is 4.15. The largest absolute Gasteiger partial charge is 0.459 e. The summed E-state index contributed by atoms with van der Waals surface area (Å²) >= 11 is 9.37. The first-order valence-corrected chi connectivity index (χ1v) is 13.2. The molecule has 6 nitrogen and oxygen atoms in total. The molecule has 182 valence electrons. The van der Waals surface area contributed by atoms with Gasteiger partial charge in [-0.1, -0.05) is 34.1 Å². The zero-order chi connectivity index (χ0) is 24.5. The average molecular weight is 562 g/mol. The van der Waals surface area contributed by atoms with Crippen LogP contribution in [0.3, 0.4) is 0 Å². The van der Waals surface area contributed by atoms with E-state index in [-0.39, 0.29) is 12.1 Å². The number of hydrogen-bond donors (Lipinski definition) is 1. The fourth-order valence-electron chi connectivity index (χ4n) is 4.85. The van der Waals surface area contributed by atoms with E-state index >= 15 is 0 Å². The van der Waals surface area contributed by atoms with Gasteiger partial charge in [0.15, 0.2) is 5.11 Å². The van der Waals surface area contributed by atoms with Gasteiger partial charge in [-0.25, -0.2) is 0 Å². The van der Waals surface area contributed by atoms with E-state index in [0.29, 0.717) is 5.11 Å². The van der Waals surface area contributed by atoms with E-state index in [2.05, 4.69) is 60.3 Å². The van der Waals surface area contributed by atoms with Crippen molar-refractivity contribution in [2.24, 2.45) is 0 Å². The van der Waals surface area contributed by atoms with Gasteiger partial charge in [-0.05, 0) is 72.9 Å². The third-order valence-electron chi connectivity index (χ3n) is 6.65. The lowest BCUT2D eigenvalue weighted by Crippen LogP contribution is -2.36. The van der Waals surface area contributed by atoms with E-state index in [1.54, 1.807) is 0 Å². The Labute approximate surface area is 224 Å². The number of morpholine rings is 1. The van der Waals surface area contributed by atoms with Gasteiger partial charge in [-0.2, -0.15) is 0 Å². The molecule has 4 aromatic rings. The fourth-order valence-corrected chi connectivity index (χ4v) is 5.46. The van der Waals surface area contributed by atoms with Crippen molar-refractivity contribution in [2.45, 2.75) is 12.1 Å². The number of halogens is 1. The number of aromatic nitrogens is 1. The molecule has 0 unspecified atom stereocenters. The second-order valence-corrected chi connectivity index (χ2v) is 10.1. The highest BCUT2D eigenvalue weighted by Gasteiger charge is 2.42. The maximum atomic E-state index is 6.46. The average Bonchev–Trinajstić information content (AvgIpc) is 3.55. The number of nitrogens with one attached hydrogen (secondary N) is 1. The summed E-state index contributed by atoms with van der Waals surface area (Å²) in [5.74, 6) is 1.64. The summed E-state index contributed by atoms with van der Waals surface area (Å²) < 4.78 is 13.0. The van der Waals surface area contributed by atoms with Crippen LogP contribution in [0.15, 0.2) is 93.9 Å². The number of hydrogen-bond acceptors (Lipinski definition) is 5. The third-order valence-corrected chi connectivity index (χ3v) is 7.49. The molecule has 1 N–H and O–H groups in total. The normalized spacial score (nSPS) is 20.0. The molecule has 2 fully saturated rings. The summed E-state index contributed by atoms with van der Waals surface area (Å²) in [6, 6.07) is 26.4. The Morgan fingerprint density at radius 1 is 0.889 bits per heavy atom. The molecule has 2 atom stereocenters. The lowest BCUT2D eigenvalue weighted by molar-refractivity contribution is 0.122. The molecule has 2 aliphatic heterocycles. The van der Waals surface area contributed by atoms with Crippen LogP contribution in [0.5, 0.6) is 0 Å². The molecule has 0 aliphatic carbocycles. The monoisotopic (exact) mass is 560 g/mol. The highest BCUT2D eigenvalue weighted by Crippen LogP contribution is 2.43. The Kier molecular flexibility index (Phi) is 6.48. The molecule has 6 rings (SSSR count). The lowest BCUT2D eigenvalue weighted by atomic mass is 10.0. The van der Waals surface area contributed by atoms with Gasteiger partial charge in [0.25, 0.3) is 0 Å². The van der Waals surface area contributed by atoms with Crippen LogP contribution in [-0.4, -0.2) is 36.4 Å².